The summed E-state index contributed by atoms with van der Waals surface area (Å²) in [4.78, 5) is 30.0. The highest BCUT2D eigenvalue weighted by molar-refractivity contribution is 6.32. The first-order chi connectivity index (χ1) is 9.86. The third-order valence-corrected chi connectivity index (χ3v) is 2.97. The number of benzene rings is 1. The predicted octanol–water partition coefficient (Wildman–Crippen LogP) is 3.25. The number of amides is 1. The molecule has 0 radical (unpaired) electrons. The van der Waals surface area contributed by atoms with Gasteiger partial charge in [-0.3, -0.25) is 20.2 Å². The van der Waals surface area contributed by atoms with Gasteiger partial charge in [0.15, 0.2) is 0 Å². The Morgan fingerprint density at radius 1 is 1.29 bits per heavy atom. The zero-order chi connectivity index (χ0) is 15.6. The van der Waals surface area contributed by atoms with Crippen LogP contribution in [0, 0.1) is 17.0 Å². The van der Waals surface area contributed by atoms with Crippen LogP contribution in [0.2, 0.25) is 10.2 Å². The van der Waals surface area contributed by atoms with E-state index in [2.05, 4.69) is 15.3 Å². The van der Waals surface area contributed by atoms with Crippen LogP contribution in [0.1, 0.15) is 16.1 Å². The van der Waals surface area contributed by atoms with Crippen LogP contribution in [0.4, 0.5) is 11.6 Å². The Kier molecular flexibility index (Phi) is 4.35. The number of aryl methyl sites for hydroxylation is 1. The Bertz CT molecular complexity index is 716. The second-order valence-corrected chi connectivity index (χ2v) is 4.83. The van der Waals surface area contributed by atoms with Crippen LogP contribution >= 0.6 is 23.2 Å². The summed E-state index contributed by atoms with van der Waals surface area (Å²) < 4.78 is 0. The third-order valence-electron chi connectivity index (χ3n) is 2.45. The molecule has 0 spiro atoms. The fraction of sp³-hybridized carbons (Fsp3) is 0.0833. The number of nitrogens with zero attached hydrogens (tertiary/aromatic N) is 3. The van der Waals surface area contributed by atoms with E-state index < -0.39 is 10.8 Å². The van der Waals surface area contributed by atoms with E-state index in [-0.39, 0.29) is 27.4 Å². The van der Waals surface area contributed by atoms with Crippen molar-refractivity contribution in [1.29, 1.82) is 0 Å². The first-order valence-electron chi connectivity index (χ1n) is 5.63. The third kappa shape index (κ3) is 3.65. The smallest absolute Gasteiger partial charge is 0.288 e. The van der Waals surface area contributed by atoms with E-state index in [0.717, 1.165) is 6.07 Å². The Balaban J connectivity index is 2.28. The van der Waals surface area contributed by atoms with Gasteiger partial charge in [-0.2, -0.15) is 0 Å². The molecule has 2 aromatic rings. The van der Waals surface area contributed by atoms with Crippen molar-refractivity contribution in [2.45, 2.75) is 6.92 Å². The molecule has 21 heavy (non-hydrogen) atoms. The monoisotopic (exact) mass is 326 g/mol. The number of nitrogens with one attached hydrogen (secondary N) is 1. The summed E-state index contributed by atoms with van der Waals surface area (Å²) in [5, 5.41) is 13.3. The predicted molar refractivity (Wildman–Crippen MR) is 77.8 cm³/mol. The van der Waals surface area contributed by atoms with E-state index >= 15 is 0 Å². The SMILES string of the molecule is Cc1cc(Cl)nc(NC(=O)c2ccc(Cl)c([N+](=O)[O-])c2)n1. The van der Waals surface area contributed by atoms with Crippen LogP contribution in [0.5, 0.6) is 0 Å². The topological polar surface area (TPSA) is 98.0 Å². The average molecular weight is 327 g/mol. The standard InChI is InChI=1S/C12H8Cl2N4O3/c1-6-4-10(14)16-12(15-6)17-11(19)7-2-3-8(13)9(5-7)18(20)21/h2-5H,1H3,(H,15,16,17,19). The molecule has 9 heteroatoms. The summed E-state index contributed by atoms with van der Waals surface area (Å²) in [6.07, 6.45) is 0. The van der Waals surface area contributed by atoms with E-state index in [1.807, 2.05) is 0 Å². The molecule has 0 atom stereocenters. The van der Waals surface area contributed by atoms with Gasteiger partial charge >= 0.3 is 0 Å². The number of rotatable bonds is 3. The summed E-state index contributed by atoms with van der Waals surface area (Å²) in [5.41, 5.74) is 0.284. The lowest BCUT2D eigenvalue weighted by Gasteiger charge is -2.05. The van der Waals surface area contributed by atoms with Crippen LogP contribution < -0.4 is 5.32 Å². The van der Waals surface area contributed by atoms with E-state index in [9.17, 15) is 14.9 Å². The average Bonchev–Trinajstić information content (AvgIpc) is 2.37. The molecule has 0 unspecified atom stereocenters. The highest BCUT2D eigenvalue weighted by atomic mass is 35.5. The summed E-state index contributed by atoms with van der Waals surface area (Å²) in [7, 11) is 0. The first kappa shape index (κ1) is 15.1. The van der Waals surface area contributed by atoms with Crippen molar-refractivity contribution in [2.75, 3.05) is 5.32 Å². The molecule has 1 aromatic carbocycles. The molecule has 0 saturated heterocycles. The van der Waals surface area contributed by atoms with Crippen molar-refractivity contribution in [2.24, 2.45) is 0 Å². The van der Waals surface area contributed by atoms with Crippen molar-refractivity contribution >= 4 is 40.7 Å². The molecule has 0 aliphatic carbocycles. The fourth-order valence-electron chi connectivity index (χ4n) is 1.55. The van der Waals surface area contributed by atoms with Gasteiger partial charge in [0.05, 0.1) is 4.92 Å². The summed E-state index contributed by atoms with van der Waals surface area (Å²) in [5.74, 6) is -0.584. The van der Waals surface area contributed by atoms with Crippen molar-refractivity contribution in [3.05, 3.63) is 55.8 Å². The van der Waals surface area contributed by atoms with Gasteiger partial charge in [0.25, 0.3) is 11.6 Å². The van der Waals surface area contributed by atoms with E-state index in [1.165, 1.54) is 18.2 Å². The lowest BCUT2D eigenvalue weighted by atomic mass is 10.2. The van der Waals surface area contributed by atoms with Crippen molar-refractivity contribution < 1.29 is 9.72 Å². The van der Waals surface area contributed by atoms with Crippen LogP contribution in [0.15, 0.2) is 24.3 Å². The Hall–Kier alpha value is -2.25. The van der Waals surface area contributed by atoms with Gasteiger partial charge in [0, 0.05) is 17.3 Å². The van der Waals surface area contributed by atoms with Crippen LogP contribution in [0.25, 0.3) is 0 Å². The van der Waals surface area contributed by atoms with Gasteiger partial charge in [-0.1, -0.05) is 23.2 Å². The molecule has 0 saturated carbocycles. The minimum atomic E-state index is -0.668. The zero-order valence-corrected chi connectivity index (χ0v) is 12.1. The molecule has 108 valence electrons. The maximum absolute atomic E-state index is 12.0. The van der Waals surface area contributed by atoms with E-state index in [4.69, 9.17) is 23.2 Å². The zero-order valence-electron chi connectivity index (χ0n) is 10.6. The Morgan fingerprint density at radius 3 is 2.62 bits per heavy atom. The highest BCUT2D eigenvalue weighted by Gasteiger charge is 2.17. The molecule has 1 amide bonds. The van der Waals surface area contributed by atoms with Crippen molar-refractivity contribution in [1.82, 2.24) is 9.97 Å². The van der Waals surface area contributed by atoms with Crippen LogP contribution in [-0.2, 0) is 0 Å². The number of aromatic nitrogens is 2. The number of hydrogen-bond donors (Lipinski definition) is 1. The van der Waals surface area contributed by atoms with Gasteiger partial charge in [-0.15, -0.1) is 0 Å². The first-order valence-corrected chi connectivity index (χ1v) is 6.39. The molecule has 2 rings (SSSR count). The molecular formula is C12H8Cl2N4O3. The molecule has 1 heterocycles. The number of carbonyl (C=O) groups excluding carboxylic acids is 1. The molecule has 0 aliphatic rings. The molecule has 1 aromatic heterocycles. The van der Waals surface area contributed by atoms with Gasteiger partial charge < -0.3 is 0 Å². The number of nitro groups is 1. The quantitative estimate of drug-likeness (QED) is 0.530. The number of halogens is 2. The van der Waals surface area contributed by atoms with E-state index in [0.29, 0.717) is 5.69 Å². The largest absolute Gasteiger partial charge is 0.290 e. The maximum Gasteiger partial charge on any atom is 0.288 e. The minimum Gasteiger partial charge on any atom is -0.290 e. The minimum absolute atomic E-state index is 0.0163. The molecular weight excluding hydrogens is 319 g/mol. The number of carbonyl (C=O) groups is 1. The van der Waals surface area contributed by atoms with E-state index in [1.54, 1.807) is 6.92 Å². The fourth-order valence-corrected chi connectivity index (χ4v) is 1.98. The van der Waals surface area contributed by atoms with Gasteiger partial charge in [-0.05, 0) is 25.1 Å². The summed E-state index contributed by atoms with van der Waals surface area (Å²) in [6, 6.07) is 5.25. The molecule has 0 fully saturated rings. The second-order valence-electron chi connectivity index (χ2n) is 4.03. The van der Waals surface area contributed by atoms with Gasteiger partial charge in [0.2, 0.25) is 5.95 Å². The molecule has 0 aliphatic heterocycles. The summed E-state index contributed by atoms with van der Waals surface area (Å²) >= 11 is 11.4. The lowest BCUT2D eigenvalue weighted by molar-refractivity contribution is -0.384. The van der Waals surface area contributed by atoms with Crippen molar-refractivity contribution in [3.63, 3.8) is 0 Å². The molecule has 7 nitrogen and oxygen atoms in total. The molecule has 1 N–H and O–H groups in total. The summed E-state index contributed by atoms with van der Waals surface area (Å²) in [6.45, 7) is 1.69. The van der Waals surface area contributed by atoms with Crippen LogP contribution in [-0.4, -0.2) is 20.8 Å². The Morgan fingerprint density at radius 2 is 2.00 bits per heavy atom. The second kappa shape index (κ2) is 6.02. The number of hydrogen-bond acceptors (Lipinski definition) is 5. The Labute approximate surface area is 129 Å². The highest BCUT2D eigenvalue weighted by Crippen LogP contribution is 2.25. The number of nitro benzene ring substituents is 1. The van der Waals surface area contributed by atoms with Crippen LogP contribution in [0.3, 0.4) is 0 Å². The van der Waals surface area contributed by atoms with Crippen molar-refractivity contribution in [3.8, 4) is 0 Å². The molecule has 0 bridgehead atoms. The number of anilines is 1. The normalized spacial score (nSPS) is 10.2. The lowest BCUT2D eigenvalue weighted by Crippen LogP contribution is -2.14. The van der Waals surface area contributed by atoms with Gasteiger partial charge in [-0.25, -0.2) is 9.97 Å². The maximum atomic E-state index is 12.0. The van der Waals surface area contributed by atoms with Gasteiger partial charge in [0.1, 0.15) is 10.2 Å².